The van der Waals surface area contributed by atoms with Gasteiger partial charge in [0.2, 0.25) is 5.91 Å². The molecule has 0 aliphatic heterocycles. The quantitative estimate of drug-likeness (QED) is 0.904. The number of nitrogens with zero attached hydrogens (tertiary/aromatic N) is 1. The fourth-order valence-electron chi connectivity index (χ4n) is 2.00. The van der Waals surface area contributed by atoms with E-state index in [1.54, 1.807) is 26.1 Å². The lowest BCUT2D eigenvalue weighted by Gasteiger charge is -2.23. The monoisotopic (exact) mass is 319 g/mol. The van der Waals surface area contributed by atoms with Crippen molar-refractivity contribution < 1.29 is 18.4 Å². The van der Waals surface area contributed by atoms with Crippen molar-refractivity contribution in [2.45, 2.75) is 19.9 Å². The van der Waals surface area contributed by atoms with Gasteiger partial charge in [-0.3, -0.25) is 4.79 Å². The van der Waals surface area contributed by atoms with Crippen molar-refractivity contribution in [2.24, 2.45) is 0 Å². The summed E-state index contributed by atoms with van der Waals surface area (Å²) in [6, 6.07) is 6.64. The van der Waals surface area contributed by atoms with E-state index >= 15 is 0 Å². The minimum atomic E-state index is -0.591. The molecule has 0 aliphatic rings. The molecule has 1 heterocycles. The molecule has 1 unspecified atom stereocenters. The molecule has 122 valence electrons. The van der Waals surface area contributed by atoms with Gasteiger partial charge in [-0.15, -0.1) is 0 Å². The molecule has 0 saturated heterocycles. The number of halogens is 1. The molecule has 2 rings (SSSR count). The van der Waals surface area contributed by atoms with Gasteiger partial charge in [-0.1, -0.05) is 0 Å². The Bertz CT molecular complexity index is 701. The number of benzene rings is 1. The summed E-state index contributed by atoms with van der Waals surface area (Å²) in [5, 5.41) is 5.02. The van der Waals surface area contributed by atoms with Crippen molar-refractivity contribution in [3.63, 3.8) is 0 Å². The van der Waals surface area contributed by atoms with Crippen LogP contribution >= 0.6 is 0 Å². The van der Waals surface area contributed by atoms with Crippen molar-refractivity contribution in [3.8, 4) is 0 Å². The molecule has 7 heteroatoms. The van der Waals surface area contributed by atoms with Crippen LogP contribution in [0.1, 0.15) is 25.6 Å². The molecule has 2 aromatic rings. The number of hydrogen-bond donors (Lipinski definition) is 2. The van der Waals surface area contributed by atoms with Crippen LogP contribution in [-0.2, 0) is 4.79 Å². The number of urea groups is 1. The van der Waals surface area contributed by atoms with E-state index in [4.69, 9.17) is 4.42 Å². The zero-order valence-corrected chi connectivity index (χ0v) is 13.1. The number of nitrogens with one attached hydrogen (secondary N) is 2. The maximum Gasteiger partial charge on any atom is 0.322 e. The predicted octanol–water partition coefficient (Wildman–Crippen LogP) is 3.60. The second-order valence-corrected chi connectivity index (χ2v) is 5.11. The molecule has 1 aromatic heterocycles. The van der Waals surface area contributed by atoms with Crippen LogP contribution in [0.2, 0.25) is 0 Å². The predicted molar refractivity (Wildman–Crippen MR) is 84.6 cm³/mol. The second-order valence-electron chi connectivity index (χ2n) is 5.11. The average molecular weight is 319 g/mol. The molecule has 6 nitrogen and oxygen atoms in total. The maximum atomic E-state index is 13.8. The molecule has 23 heavy (non-hydrogen) atoms. The summed E-state index contributed by atoms with van der Waals surface area (Å²) >= 11 is 0. The van der Waals surface area contributed by atoms with E-state index in [2.05, 4.69) is 10.6 Å². The topological polar surface area (TPSA) is 74.6 Å². The van der Waals surface area contributed by atoms with Gasteiger partial charge in [-0.2, -0.15) is 0 Å². The second kappa shape index (κ2) is 6.95. The zero-order valence-electron chi connectivity index (χ0n) is 13.1. The van der Waals surface area contributed by atoms with Gasteiger partial charge in [0, 0.05) is 19.7 Å². The molecule has 0 bridgehead atoms. The largest absolute Gasteiger partial charge is 0.467 e. The third-order valence-electron chi connectivity index (χ3n) is 3.38. The summed E-state index contributed by atoms with van der Waals surface area (Å²) in [7, 11) is 1.58. The number of anilines is 2. The van der Waals surface area contributed by atoms with E-state index in [-0.39, 0.29) is 17.6 Å². The minimum Gasteiger partial charge on any atom is -0.467 e. The number of carbonyl (C=O) groups excluding carboxylic acids is 2. The highest BCUT2D eigenvalue weighted by Crippen LogP contribution is 2.23. The number of amides is 3. The molecule has 0 fully saturated rings. The first kappa shape index (κ1) is 16.5. The van der Waals surface area contributed by atoms with Crippen molar-refractivity contribution in [3.05, 3.63) is 48.2 Å². The number of hydrogen-bond acceptors (Lipinski definition) is 3. The molecular formula is C16H18FN3O3. The van der Waals surface area contributed by atoms with Gasteiger partial charge in [0.05, 0.1) is 18.0 Å². The van der Waals surface area contributed by atoms with Crippen molar-refractivity contribution in [2.75, 3.05) is 17.7 Å². The third-order valence-corrected chi connectivity index (χ3v) is 3.38. The summed E-state index contributed by atoms with van der Waals surface area (Å²) in [5.41, 5.74) is 0.385. The Morgan fingerprint density at radius 3 is 2.61 bits per heavy atom. The van der Waals surface area contributed by atoms with Crippen molar-refractivity contribution in [1.29, 1.82) is 0 Å². The maximum absolute atomic E-state index is 13.8. The molecular weight excluding hydrogens is 301 g/mol. The fraction of sp³-hybridized carbons (Fsp3) is 0.250. The molecule has 0 spiro atoms. The lowest BCUT2D eigenvalue weighted by Crippen LogP contribution is -2.33. The highest BCUT2D eigenvalue weighted by atomic mass is 19.1. The molecule has 0 radical (unpaired) electrons. The van der Waals surface area contributed by atoms with Crippen molar-refractivity contribution in [1.82, 2.24) is 4.90 Å². The lowest BCUT2D eigenvalue weighted by atomic mass is 10.2. The van der Waals surface area contributed by atoms with Gasteiger partial charge in [-0.05, 0) is 37.3 Å². The van der Waals surface area contributed by atoms with E-state index in [1.165, 1.54) is 36.3 Å². The van der Waals surface area contributed by atoms with Gasteiger partial charge in [0.15, 0.2) is 0 Å². The average Bonchev–Trinajstić information content (AvgIpc) is 3.02. The number of carbonyl (C=O) groups is 2. The number of furan rings is 1. The molecule has 2 N–H and O–H groups in total. The van der Waals surface area contributed by atoms with Gasteiger partial charge < -0.3 is 20.0 Å². The highest BCUT2D eigenvalue weighted by molar-refractivity contribution is 5.92. The zero-order chi connectivity index (χ0) is 17.0. The van der Waals surface area contributed by atoms with E-state index < -0.39 is 11.8 Å². The Hall–Kier alpha value is -2.83. The summed E-state index contributed by atoms with van der Waals surface area (Å²) < 4.78 is 19.1. The fourth-order valence-corrected chi connectivity index (χ4v) is 2.00. The highest BCUT2D eigenvalue weighted by Gasteiger charge is 2.20. The SMILES string of the molecule is CC(=O)Nc1ccc(F)c(NC(=O)N(C)C(C)c2ccco2)c1. The Labute approximate surface area is 133 Å². The molecule has 3 amide bonds. The van der Waals surface area contributed by atoms with E-state index in [0.717, 1.165) is 0 Å². The van der Waals surface area contributed by atoms with Crippen LogP contribution in [0.4, 0.5) is 20.6 Å². The van der Waals surface area contributed by atoms with E-state index in [9.17, 15) is 14.0 Å². The third kappa shape index (κ3) is 4.09. The van der Waals surface area contributed by atoms with E-state index in [1.807, 2.05) is 0 Å². The first-order chi connectivity index (χ1) is 10.9. The Morgan fingerprint density at radius 2 is 2.00 bits per heavy atom. The van der Waals surface area contributed by atoms with Crippen LogP contribution in [0, 0.1) is 5.82 Å². The lowest BCUT2D eigenvalue weighted by molar-refractivity contribution is -0.114. The number of rotatable bonds is 4. The first-order valence-electron chi connectivity index (χ1n) is 7.03. The Kier molecular flexibility index (Phi) is 5.00. The normalized spacial score (nSPS) is 11.7. The van der Waals surface area contributed by atoms with Crippen LogP contribution in [0.3, 0.4) is 0 Å². The van der Waals surface area contributed by atoms with Gasteiger partial charge in [-0.25, -0.2) is 9.18 Å². The molecule has 1 atom stereocenters. The van der Waals surface area contributed by atoms with Crippen LogP contribution < -0.4 is 10.6 Å². The molecule has 0 saturated carbocycles. The molecule has 1 aromatic carbocycles. The summed E-state index contributed by atoms with van der Waals surface area (Å²) in [4.78, 5) is 24.7. The van der Waals surface area contributed by atoms with Crippen LogP contribution in [-0.4, -0.2) is 23.9 Å². The Morgan fingerprint density at radius 1 is 1.26 bits per heavy atom. The summed E-state index contributed by atoms with van der Waals surface area (Å²) in [6.45, 7) is 3.14. The van der Waals surface area contributed by atoms with Crippen molar-refractivity contribution >= 4 is 23.3 Å². The smallest absolute Gasteiger partial charge is 0.322 e. The minimum absolute atomic E-state index is 0.0141. The summed E-state index contributed by atoms with van der Waals surface area (Å²) in [5.74, 6) is -0.251. The standard InChI is InChI=1S/C16H18FN3O3/c1-10(15-5-4-8-23-15)20(3)16(22)19-14-9-12(18-11(2)21)6-7-13(14)17/h4-10H,1-3H3,(H,18,21)(H,19,22). The Balaban J connectivity index is 2.11. The summed E-state index contributed by atoms with van der Waals surface area (Å²) in [6.07, 6.45) is 1.52. The van der Waals surface area contributed by atoms with Crippen LogP contribution in [0.25, 0.3) is 0 Å². The van der Waals surface area contributed by atoms with Crippen LogP contribution in [0.5, 0.6) is 0 Å². The molecule has 0 aliphatic carbocycles. The van der Waals surface area contributed by atoms with Gasteiger partial charge >= 0.3 is 6.03 Å². The van der Waals surface area contributed by atoms with Gasteiger partial charge in [0.25, 0.3) is 0 Å². The van der Waals surface area contributed by atoms with Crippen LogP contribution in [0.15, 0.2) is 41.0 Å². The van der Waals surface area contributed by atoms with E-state index in [0.29, 0.717) is 11.4 Å². The van der Waals surface area contributed by atoms with Gasteiger partial charge in [0.1, 0.15) is 11.6 Å². The first-order valence-corrected chi connectivity index (χ1v) is 7.03.